The smallest absolute Gasteiger partial charge is 0.325 e. The van der Waals surface area contributed by atoms with Crippen LogP contribution in [0, 0.1) is 0 Å². The van der Waals surface area contributed by atoms with Gasteiger partial charge < -0.3 is 11.1 Å². The second kappa shape index (κ2) is 6.38. The predicted molar refractivity (Wildman–Crippen MR) is 70.7 cm³/mol. The SMILES string of the molecule is CCCC(N)C(=O)Nc1cc(Br)cc(C(F)(F)F)c1. The number of nitrogens with two attached hydrogens (primary N) is 1. The van der Waals surface area contributed by atoms with Gasteiger partial charge in [-0.1, -0.05) is 29.3 Å². The van der Waals surface area contributed by atoms with Crippen LogP contribution in [0.15, 0.2) is 22.7 Å². The second-order valence-corrected chi connectivity index (χ2v) is 5.03. The highest BCUT2D eigenvalue weighted by Gasteiger charge is 2.31. The molecule has 7 heteroatoms. The maximum absolute atomic E-state index is 12.6. The van der Waals surface area contributed by atoms with E-state index in [-0.39, 0.29) is 10.2 Å². The van der Waals surface area contributed by atoms with Crippen LogP contribution >= 0.6 is 15.9 Å². The van der Waals surface area contributed by atoms with E-state index < -0.39 is 23.7 Å². The van der Waals surface area contributed by atoms with Gasteiger partial charge in [0.05, 0.1) is 11.6 Å². The molecule has 1 aromatic carbocycles. The van der Waals surface area contributed by atoms with E-state index in [4.69, 9.17) is 5.73 Å². The Morgan fingerprint density at radius 2 is 2.05 bits per heavy atom. The molecule has 1 amide bonds. The summed E-state index contributed by atoms with van der Waals surface area (Å²) in [5.41, 5.74) is 4.83. The molecule has 0 bridgehead atoms. The largest absolute Gasteiger partial charge is 0.416 e. The number of nitrogens with one attached hydrogen (secondary N) is 1. The first-order valence-electron chi connectivity index (χ1n) is 5.68. The first kappa shape index (κ1) is 16.0. The van der Waals surface area contributed by atoms with Gasteiger partial charge in [0.25, 0.3) is 0 Å². The third-order valence-corrected chi connectivity index (χ3v) is 2.89. The van der Waals surface area contributed by atoms with Gasteiger partial charge in [-0.3, -0.25) is 4.79 Å². The minimum Gasteiger partial charge on any atom is -0.325 e. The lowest BCUT2D eigenvalue weighted by molar-refractivity contribution is -0.137. The van der Waals surface area contributed by atoms with Crippen LogP contribution in [-0.4, -0.2) is 11.9 Å². The van der Waals surface area contributed by atoms with Crippen LogP contribution in [0.4, 0.5) is 18.9 Å². The molecule has 0 heterocycles. The quantitative estimate of drug-likeness (QED) is 0.882. The number of alkyl halides is 3. The molecule has 19 heavy (non-hydrogen) atoms. The van der Waals surface area contributed by atoms with Crippen molar-refractivity contribution in [1.29, 1.82) is 0 Å². The lowest BCUT2D eigenvalue weighted by Crippen LogP contribution is -2.35. The molecular weight excluding hydrogens is 325 g/mol. The average Bonchev–Trinajstić information content (AvgIpc) is 2.27. The molecule has 0 radical (unpaired) electrons. The fourth-order valence-corrected chi connectivity index (χ4v) is 2.00. The van der Waals surface area contributed by atoms with Crippen LogP contribution < -0.4 is 11.1 Å². The summed E-state index contributed by atoms with van der Waals surface area (Å²) in [6, 6.07) is 2.49. The van der Waals surface area contributed by atoms with Crippen LogP contribution in [0.25, 0.3) is 0 Å². The molecule has 0 aliphatic carbocycles. The van der Waals surface area contributed by atoms with E-state index in [1.807, 2.05) is 6.92 Å². The van der Waals surface area contributed by atoms with E-state index >= 15 is 0 Å². The van der Waals surface area contributed by atoms with Gasteiger partial charge in [0, 0.05) is 10.2 Å². The highest BCUT2D eigenvalue weighted by molar-refractivity contribution is 9.10. The lowest BCUT2D eigenvalue weighted by Gasteiger charge is -2.13. The Bertz CT molecular complexity index is 463. The lowest BCUT2D eigenvalue weighted by atomic mass is 10.1. The third-order valence-electron chi connectivity index (χ3n) is 2.43. The molecule has 0 spiro atoms. The minimum absolute atomic E-state index is 0.0678. The molecular formula is C12H14BrF3N2O. The van der Waals surface area contributed by atoms with Crippen LogP contribution in [0.1, 0.15) is 25.3 Å². The first-order valence-corrected chi connectivity index (χ1v) is 6.47. The summed E-state index contributed by atoms with van der Waals surface area (Å²) in [6.07, 6.45) is -3.26. The van der Waals surface area contributed by atoms with E-state index in [0.29, 0.717) is 6.42 Å². The summed E-state index contributed by atoms with van der Waals surface area (Å²) in [6.45, 7) is 1.87. The van der Waals surface area contributed by atoms with Crippen LogP contribution in [-0.2, 0) is 11.0 Å². The van der Waals surface area contributed by atoms with Crippen molar-refractivity contribution in [2.45, 2.75) is 32.0 Å². The summed E-state index contributed by atoms with van der Waals surface area (Å²) < 4.78 is 38.1. The number of benzene rings is 1. The molecule has 1 atom stereocenters. The zero-order valence-electron chi connectivity index (χ0n) is 10.2. The number of carbonyl (C=O) groups is 1. The topological polar surface area (TPSA) is 55.1 Å². The maximum Gasteiger partial charge on any atom is 0.416 e. The zero-order chi connectivity index (χ0) is 14.6. The van der Waals surface area contributed by atoms with Crippen molar-refractivity contribution < 1.29 is 18.0 Å². The molecule has 1 unspecified atom stereocenters. The number of hydrogen-bond acceptors (Lipinski definition) is 2. The van der Waals surface area contributed by atoms with Crippen molar-refractivity contribution in [3.05, 3.63) is 28.2 Å². The van der Waals surface area contributed by atoms with Gasteiger partial charge in [0.2, 0.25) is 5.91 Å². The van der Waals surface area contributed by atoms with Gasteiger partial charge in [0.1, 0.15) is 0 Å². The molecule has 0 aliphatic heterocycles. The molecule has 1 aromatic rings. The molecule has 0 fully saturated rings. The zero-order valence-corrected chi connectivity index (χ0v) is 11.8. The average molecular weight is 339 g/mol. The Hall–Kier alpha value is -1.08. The van der Waals surface area contributed by atoms with Crippen molar-refractivity contribution in [2.24, 2.45) is 5.73 Å². The predicted octanol–water partition coefficient (Wildman–Crippen LogP) is 3.53. The van der Waals surface area contributed by atoms with E-state index in [1.165, 1.54) is 6.07 Å². The third kappa shape index (κ3) is 4.83. The molecule has 0 aromatic heterocycles. The second-order valence-electron chi connectivity index (χ2n) is 4.11. The van der Waals surface area contributed by atoms with Crippen molar-refractivity contribution in [3.8, 4) is 0 Å². The standard InChI is InChI=1S/C12H14BrF3N2O/c1-2-3-10(17)11(19)18-9-5-7(12(14,15)16)4-8(13)6-9/h4-6,10H,2-3,17H2,1H3,(H,18,19). The number of rotatable bonds is 4. The summed E-state index contributed by atoms with van der Waals surface area (Å²) in [5, 5.41) is 2.39. The van der Waals surface area contributed by atoms with Crippen molar-refractivity contribution in [1.82, 2.24) is 0 Å². The van der Waals surface area contributed by atoms with E-state index in [9.17, 15) is 18.0 Å². The van der Waals surface area contributed by atoms with E-state index in [2.05, 4.69) is 21.2 Å². The van der Waals surface area contributed by atoms with Crippen molar-refractivity contribution in [3.63, 3.8) is 0 Å². The normalized spacial score (nSPS) is 13.2. The van der Waals surface area contributed by atoms with Gasteiger partial charge in [-0.2, -0.15) is 13.2 Å². The Balaban J connectivity index is 2.90. The van der Waals surface area contributed by atoms with Crippen LogP contribution in [0.3, 0.4) is 0 Å². The fourth-order valence-electron chi connectivity index (χ4n) is 1.50. The molecule has 3 N–H and O–H groups in total. The van der Waals surface area contributed by atoms with Crippen molar-refractivity contribution >= 4 is 27.5 Å². The number of halogens is 4. The Kier molecular flexibility index (Phi) is 5.37. The van der Waals surface area contributed by atoms with Gasteiger partial charge in [0.15, 0.2) is 0 Å². The fraction of sp³-hybridized carbons (Fsp3) is 0.417. The minimum atomic E-state index is -4.46. The summed E-state index contributed by atoms with van der Waals surface area (Å²) in [7, 11) is 0. The number of anilines is 1. The van der Waals surface area contributed by atoms with E-state index in [1.54, 1.807) is 0 Å². The molecule has 3 nitrogen and oxygen atoms in total. The van der Waals surface area contributed by atoms with Crippen LogP contribution in [0.2, 0.25) is 0 Å². The maximum atomic E-state index is 12.6. The molecule has 0 saturated carbocycles. The number of carbonyl (C=O) groups excluding carboxylic acids is 1. The number of amides is 1. The molecule has 0 aliphatic rings. The Morgan fingerprint density at radius 1 is 1.42 bits per heavy atom. The number of hydrogen-bond donors (Lipinski definition) is 2. The summed E-state index contributed by atoms with van der Waals surface area (Å²) in [4.78, 5) is 11.6. The van der Waals surface area contributed by atoms with Crippen molar-refractivity contribution in [2.75, 3.05) is 5.32 Å². The Labute approximate surface area is 117 Å². The monoisotopic (exact) mass is 338 g/mol. The van der Waals surface area contributed by atoms with Crippen LogP contribution in [0.5, 0.6) is 0 Å². The van der Waals surface area contributed by atoms with Gasteiger partial charge in [-0.15, -0.1) is 0 Å². The molecule has 1 rings (SSSR count). The van der Waals surface area contributed by atoms with Gasteiger partial charge in [-0.05, 0) is 24.6 Å². The molecule has 0 saturated heterocycles. The molecule has 106 valence electrons. The van der Waals surface area contributed by atoms with E-state index in [0.717, 1.165) is 18.6 Å². The van der Waals surface area contributed by atoms with Gasteiger partial charge >= 0.3 is 6.18 Å². The summed E-state index contributed by atoms with van der Waals surface area (Å²) in [5.74, 6) is -0.493. The highest BCUT2D eigenvalue weighted by Crippen LogP contribution is 2.33. The Morgan fingerprint density at radius 3 is 2.58 bits per heavy atom. The highest BCUT2D eigenvalue weighted by atomic mass is 79.9. The summed E-state index contributed by atoms with van der Waals surface area (Å²) >= 11 is 2.98. The van der Waals surface area contributed by atoms with Gasteiger partial charge in [-0.25, -0.2) is 0 Å². The first-order chi connectivity index (χ1) is 8.74.